The van der Waals surface area contributed by atoms with E-state index in [9.17, 15) is 9.36 Å². The van der Waals surface area contributed by atoms with Crippen molar-refractivity contribution in [1.82, 2.24) is 0 Å². The zero-order valence-corrected chi connectivity index (χ0v) is 10.9. The molecule has 0 aromatic carbocycles. The highest BCUT2D eigenvalue weighted by Gasteiger charge is 2.29. The van der Waals surface area contributed by atoms with Crippen molar-refractivity contribution in [3.63, 3.8) is 0 Å². The molecule has 0 fully saturated rings. The molecule has 0 amide bonds. The first kappa shape index (κ1) is 14.8. The van der Waals surface area contributed by atoms with Gasteiger partial charge in [0.15, 0.2) is 0 Å². The van der Waals surface area contributed by atoms with Gasteiger partial charge in [0.25, 0.3) is 0 Å². The zero-order valence-electron chi connectivity index (χ0n) is 9.99. The van der Waals surface area contributed by atoms with Gasteiger partial charge in [0.2, 0.25) is 0 Å². The number of carbonyl (C=O) groups is 1. The van der Waals surface area contributed by atoms with Gasteiger partial charge in [-0.1, -0.05) is 6.92 Å². The molecule has 0 aliphatic heterocycles. The molecule has 5 heteroatoms. The first-order chi connectivity index (χ1) is 6.99. The van der Waals surface area contributed by atoms with Crippen molar-refractivity contribution in [2.45, 2.75) is 34.1 Å². The average Bonchev–Trinajstić information content (AvgIpc) is 2.14. The van der Waals surface area contributed by atoms with E-state index in [0.29, 0.717) is 19.6 Å². The van der Waals surface area contributed by atoms with Gasteiger partial charge in [0.05, 0.1) is 19.4 Å². The number of hydrogen-bond donors (Lipinski definition) is 0. The van der Waals surface area contributed by atoms with E-state index in [1.54, 1.807) is 13.8 Å². The second kappa shape index (κ2) is 7.15. The van der Waals surface area contributed by atoms with Crippen molar-refractivity contribution in [2.75, 3.05) is 19.4 Å². The summed E-state index contributed by atoms with van der Waals surface area (Å²) in [4.78, 5) is 11.2. The van der Waals surface area contributed by atoms with Crippen LogP contribution < -0.4 is 0 Å². The predicted molar refractivity (Wildman–Crippen MR) is 60.2 cm³/mol. The molecule has 0 aliphatic rings. The predicted octanol–water partition coefficient (Wildman–Crippen LogP) is 2.87. The van der Waals surface area contributed by atoms with E-state index < -0.39 is 7.60 Å². The van der Waals surface area contributed by atoms with E-state index in [1.165, 1.54) is 6.92 Å². The molecule has 0 aromatic heterocycles. The molecule has 90 valence electrons. The first-order valence-electron chi connectivity index (χ1n) is 5.37. The van der Waals surface area contributed by atoms with Crippen molar-refractivity contribution >= 4 is 13.4 Å². The Morgan fingerprint density at radius 1 is 1.20 bits per heavy atom. The molecule has 4 nitrogen and oxygen atoms in total. The monoisotopic (exact) mass is 236 g/mol. The fraction of sp³-hybridized carbons (Fsp3) is 0.900. The van der Waals surface area contributed by atoms with Crippen LogP contribution in [-0.4, -0.2) is 25.2 Å². The van der Waals surface area contributed by atoms with Crippen LogP contribution in [0, 0.1) is 5.92 Å². The normalized spacial score (nSPS) is 13.9. The van der Waals surface area contributed by atoms with Crippen LogP contribution in [0.25, 0.3) is 0 Å². The fourth-order valence-corrected chi connectivity index (χ4v) is 3.48. The van der Waals surface area contributed by atoms with Crippen molar-refractivity contribution in [2.24, 2.45) is 5.92 Å². The van der Waals surface area contributed by atoms with Gasteiger partial charge < -0.3 is 9.05 Å². The largest absolute Gasteiger partial charge is 0.331 e. The summed E-state index contributed by atoms with van der Waals surface area (Å²) in [6, 6.07) is 0. The molecule has 0 unspecified atom stereocenters. The maximum Gasteiger partial charge on any atom is 0.331 e. The van der Waals surface area contributed by atoms with Crippen LogP contribution in [0.5, 0.6) is 0 Å². The lowest BCUT2D eigenvalue weighted by atomic mass is 10.1. The van der Waals surface area contributed by atoms with Crippen LogP contribution in [0.15, 0.2) is 0 Å². The zero-order chi connectivity index (χ0) is 11.9. The fourth-order valence-electron chi connectivity index (χ4n) is 1.35. The summed E-state index contributed by atoms with van der Waals surface area (Å²) in [5.41, 5.74) is 0. The van der Waals surface area contributed by atoms with Gasteiger partial charge >= 0.3 is 7.60 Å². The topological polar surface area (TPSA) is 52.6 Å². The molecule has 0 saturated heterocycles. The Morgan fingerprint density at radius 3 is 1.93 bits per heavy atom. The van der Waals surface area contributed by atoms with Crippen LogP contribution in [0.1, 0.15) is 34.1 Å². The number of hydrogen-bond acceptors (Lipinski definition) is 4. The molecule has 0 aliphatic carbocycles. The maximum absolute atomic E-state index is 12.1. The van der Waals surface area contributed by atoms with Crippen LogP contribution in [-0.2, 0) is 18.4 Å². The van der Waals surface area contributed by atoms with Gasteiger partial charge in [-0.3, -0.25) is 9.36 Å². The Kier molecular flexibility index (Phi) is 7.07. The van der Waals surface area contributed by atoms with Gasteiger partial charge in [0.1, 0.15) is 5.78 Å². The minimum Gasteiger partial charge on any atom is -0.309 e. The lowest BCUT2D eigenvalue weighted by Gasteiger charge is -2.20. The Labute approximate surface area is 91.9 Å². The Balaban J connectivity index is 4.50. The van der Waals surface area contributed by atoms with Crippen molar-refractivity contribution in [3.05, 3.63) is 0 Å². The molecule has 1 atom stereocenters. The van der Waals surface area contributed by atoms with Gasteiger partial charge in [0, 0.05) is 5.92 Å². The van der Waals surface area contributed by atoms with Crippen molar-refractivity contribution < 1.29 is 18.4 Å². The second-order valence-electron chi connectivity index (χ2n) is 3.34. The molecule has 0 bridgehead atoms. The molecule has 0 aromatic rings. The summed E-state index contributed by atoms with van der Waals surface area (Å²) in [6.07, 6.45) is 0.861. The smallest absolute Gasteiger partial charge is 0.309 e. The highest BCUT2D eigenvalue weighted by Crippen LogP contribution is 2.50. The van der Waals surface area contributed by atoms with Gasteiger partial charge in [-0.15, -0.1) is 0 Å². The Bertz CT molecular complexity index is 230. The number of carbonyl (C=O) groups excluding carboxylic acids is 1. The lowest BCUT2D eigenvalue weighted by Crippen LogP contribution is -2.16. The first-order valence-corrected chi connectivity index (χ1v) is 7.10. The van der Waals surface area contributed by atoms with Crippen LogP contribution >= 0.6 is 7.60 Å². The summed E-state index contributed by atoms with van der Waals surface area (Å²) in [5.74, 6) is -0.189. The van der Waals surface area contributed by atoms with E-state index in [-0.39, 0.29) is 17.9 Å². The SMILES string of the molecule is CCOP(=O)(C[C@H](CC)C(C)=O)OCC. The molecule has 0 N–H and O–H groups in total. The molecule has 0 saturated carbocycles. The Hall–Kier alpha value is -0.180. The molecule has 15 heavy (non-hydrogen) atoms. The molecule has 0 heterocycles. The van der Waals surface area contributed by atoms with E-state index >= 15 is 0 Å². The van der Waals surface area contributed by atoms with Gasteiger partial charge in [-0.25, -0.2) is 0 Å². The molecule has 0 rings (SSSR count). The van der Waals surface area contributed by atoms with Crippen LogP contribution in [0.4, 0.5) is 0 Å². The summed E-state index contributed by atoms with van der Waals surface area (Å²) in [6.45, 7) is 7.61. The van der Waals surface area contributed by atoms with E-state index in [1.807, 2.05) is 6.92 Å². The third kappa shape index (κ3) is 5.45. The third-order valence-electron chi connectivity index (χ3n) is 2.16. The standard InChI is InChI=1S/C10H21O4P/c1-5-10(9(4)11)8-15(12,13-6-2)14-7-3/h10H,5-8H2,1-4H3/t10-/m0/s1. The van der Waals surface area contributed by atoms with Crippen molar-refractivity contribution in [3.8, 4) is 0 Å². The van der Waals surface area contributed by atoms with Gasteiger partial charge in [-0.05, 0) is 27.2 Å². The Morgan fingerprint density at radius 2 is 1.67 bits per heavy atom. The minimum absolute atomic E-state index is 0.0390. The maximum atomic E-state index is 12.1. The van der Waals surface area contributed by atoms with E-state index in [0.717, 1.165) is 0 Å². The number of rotatable bonds is 8. The molecule has 0 spiro atoms. The number of Topliss-reactive ketones (excluding diaryl/α,β-unsaturated/α-hetero) is 1. The summed E-state index contributed by atoms with van der Waals surface area (Å²) >= 11 is 0. The highest BCUT2D eigenvalue weighted by molar-refractivity contribution is 7.53. The summed E-state index contributed by atoms with van der Waals surface area (Å²) in [7, 11) is -3.07. The second-order valence-corrected chi connectivity index (χ2v) is 5.45. The molecular weight excluding hydrogens is 215 g/mol. The molecular formula is C10H21O4P. The highest BCUT2D eigenvalue weighted by atomic mass is 31.2. The molecule has 0 radical (unpaired) electrons. The average molecular weight is 236 g/mol. The summed E-state index contributed by atoms with van der Waals surface area (Å²) < 4.78 is 22.4. The van der Waals surface area contributed by atoms with Crippen LogP contribution in [0.2, 0.25) is 0 Å². The van der Waals surface area contributed by atoms with Gasteiger partial charge in [-0.2, -0.15) is 0 Å². The van der Waals surface area contributed by atoms with E-state index in [2.05, 4.69) is 0 Å². The quantitative estimate of drug-likeness (QED) is 0.608. The summed E-state index contributed by atoms with van der Waals surface area (Å²) in [5, 5.41) is 0. The van der Waals surface area contributed by atoms with Crippen molar-refractivity contribution in [1.29, 1.82) is 0 Å². The number of ketones is 1. The van der Waals surface area contributed by atoms with E-state index in [4.69, 9.17) is 9.05 Å². The van der Waals surface area contributed by atoms with Crippen LogP contribution in [0.3, 0.4) is 0 Å². The lowest BCUT2D eigenvalue weighted by molar-refractivity contribution is -0.120. The minimum atomic E-state index is -3.07. The third-order valence-corrected chi connectivity index (χ3v) is 4.35.